The van der Waals surface area contributed by atoms with Crippen LogP contribution in [0.2, 0.25) is 0 Å². The van der Waals surface area contributed by atoms with Gasteiger partial charge >= 0.3 is 17.9 Å². The summed E-state index contributed by atoms with van der Waals surface area (Å²) in [6.07, 6.45) is 43.7. The van der Waals surface area contributed by atoms with Gasteiger partial charge in [-0.2, -0.15) is 0 Å². The van der Waals surface area contributed by atoms with Crippen LogP contribution in [0, 0.1) is 11.8 Å². The maximum Gasteiger partial charge on any atom is 0.306 e. The highest BCUT2D eigenvalue weighted by Gasteiger charge is 2.19. The second-order valence-electron chi connectivity index (χ2n) is 18.4. The lowest BCUT2D eigenvalue weighted by Gasteiger charge is -2.18. The molecule has 0 aromatic heterocycles. The Morgan fingerprint density at radius 1 is 0.333 bits per heavy atom. The average molecular weight is 807 g/mol. The SMILES string of the molecule is CCCCCCCCCCCCCC(=O)OC[C@H](COC(=O)CCCCCCCCCCCCCCCC(C)C)OC(=O)CCCCCCCCCCCC(C)C. The van der Waals surface area contributed by atoms with E-state index in [4.69, 9.17) is 14.2 Å². The minimum absolute atomic E-state index is 0.0641. The fourth-order valence-corrected chi connectivity index (χ4v) is 7.64. The van der Waals surface area contributed by atoms with E-state index < -0.39 is 6.10 Å². The largest absolute Gasteiger partial charge is 0.462 e. The lowest BCUT2D eigenvalue weighted by atomic mass is 10.0. The number of unbranched alkanes of at least 4 members (excludes halogenated alkanes) is 30. The monoisotopic (exact) mass is 807 g/mol. The van der Waals surface area contributed by atoms with Crippen LogP contribution in [-0.4, -0.2) is 37.2 Å². The Labute approximate surface area is 355 Å². The number of hydrogen-bond acceptors (Lipinski definition) is 6. The quantitative estimate of drug-likeness (QED) is 0.0346. The fourth-order valence-electron chi connectivity index (χ4n) is 7.64. The molecule has 0 aliphatic heterocycles. The standard InChI is InChI=1S/C51H98O6/c1-6-7-8-9-10-11-15-21-26-31-36-41-49(52)55-44-48(57-51(54)43-38-33-28-23-18-20-25-30-35-40-47(4)5)45-56-50(53)42-37-32-27-22-17-14-12-13-16-19-24-29-34-39-46(2)3/h46-48H,6-45H2,1-5H3/t48-/m1/s1. The maximum absolute atomic E-state index is 12.7. The number of esters is 3. The van der Waals surface area contributed by atoms with Crippen molar-refractivity contribution in [2.45, 2.75) is 285 Å². The molecule has 0 aromatic rings. The van der Waals surface area contributed by atoms with Crippen LogP contribution in [0.1, 0.15) is 279 Å². The van der Waals surface area contributed by atoms with E-state index in [1.165, 1.54) is 167 Å². The minimum Gasteiger partial charge on any atom is -0.462 e. The summed E-state index contributed by atoms with van der Waals surface area (Å²) in [7, 11) is 0. The van der Waals surface area contributed by atoms with Gasteiger partial charge in [0.05, 0.1) is 0 Å². The van der Waals surface area contributed by atoms with Crippen LogP contribution in [0.25, 0.3) is 0 Å². The maximum atomic E-state index is 12.7. The summed E-state index contributed by atoms with van der Waals surface area (Å²) >= 11 is 0. The first-order chi connectivity index (χ1) is 27.7. The Morgan fingerprint density at radius 2 is 0.579 bits per heavy atom. The Balaban J connectivity index is 4.29. The van der Waals surface area contributed by atoms with Crippen molar-refractivity contribution in [2.75, 3.05) is 13.2 Å². The van der Waals surface area contributed by atoms with Gasteiger partial charge < -0.3 is 14.2 Å². The van der Waals surface area contributed by atoms with E-state index in [2.05, 4.69) is 34.6 Å². The van der Waals surface area contributed by atoms with Crippen molar-refractivity contribution in [3.8, 4) is 0 Å². The number of ether oxygens (including phenoxy) is 3. The zero-order valence-corrected chi connectivity index (χ0v) is 39.0. The molecule has 0 saturated heterocycles. The second-order valence-corrected chi connectivity index (χ2v) is 18.4. The number of carbonyl (C=O) groups is 3. The van der Waals surface area contributed by atoms with E-state index in [1.54, 1.807) is 0 Å². The normalized spacial score (nSPS) is 12.1. The molecule has 0 aliphatic rings. The summed E-state index contributed by atoms with van der Waals surface area (Å²) in [4.78, 5) is 37.9. The third-order valence-electron chi connectivity index (χ3n) is 11.5. The third kappa shape index (κ3) is 45.3. The summed E-state index contributed by atoms with van der Waals surface area (Å²) in [5, 5.41) is 0. The highest BCUT2D eigenvalue weighted by molar-refractivity contribution is 5.71. The van der Waals surface area contributed by atoms with E-state index >= 15 is 0 Å². The van der Waals surface area contributed by atoms with Gasteiger partial charge in [0.1, 0.15) is 13.2 Å². The molecule has 6 heteroatoms. The van der Waals surface area contributed by atoms with Crippen LogP contribution >= 0.6 is 0 Å². The Hall–Kier alpha value is -1.59. The highest BCUT2D eigenvalue weighted by atomic mass is 16.6. The lowest BCUT2D eigenvalue weighted by Crippen LogP contribution is -2.30. The zero-order chi connectivity index (χ0) is 41.9. The van der Waals surface area contributed by atoms with E-state index in [1.807, 2.05) is 0 Å². The van der Waals surface area contributed by atoms with Gasteiger partial charge in [0.25, 0.3) is 0 Å². The third-order valence-corrected chi connectivity index (χ3v) is 11.5. The van der Waals surface area contributed by atoms with Crippen molar-refractivity contribution in [1.82, 2.24) is 0 Å². The molecule has 0 unspecified atom stereocenters. The molecule has 0 radical (unpaired) electrons. The van der Waals surface area contributed by atoms with E-state index in [0.29, 0.717) is 19.3 Å². The molecule has 0 saturated carbocycles. The summed E-state index contributed by atoms with van der Waals surface area (Å²) in [6.45, 7) is 11.3. The topological polar surface area (TPSA) is 78.9 Å². The number of carbonyl (C=O) groups excluding carboxylic acids is 3. The van der Waals surface area contributed by atoms with Crippen molar-refractivity contribution in [2.24, 2.45) is 11.8 Å². The number of rotatable bonds is 45. The van der Waals surface area contributed by atoms with Crippen LogP contribution in [0.5, 0.6) is 0 Å². The molecule has 338 valence electrons. The molecule has 0 fully saturated rings. The van der Waals surface area contributed by atoms with E-state index in [0.717, 1.165) is 69.6 Å². The average Bonchev–Trinajstić information content (AvgIpc) is 3.18. The molecule has 0 aliphatic carbocycles. The predicted molar refractivity (Wildman–Crippen MR) is 243 cm³/mol. The van der Waals surface area contributed by atoms with Gasteiger partial charge in [-0.3, -0.25) is 14.4 Å². The number of hydrogen-bond donors (Lipinski definition) is 0. The first-order valence-corrected chi connectivity index (χ1v) is 25.2. The van der Waals surface area contributed by atoms with Crippen LogP contribution in [0.15, 0.2) is 0 Å². The molecule has 0 bridgehead atoms. The molecule has 0 heterocycles. The Morgan fingerprint density at radius 3 is 0.860 bits per heavy atom. The lowest BCUT2D eigenvalue weighted by molar-refractivity contribution is -0.167. The molecule has 0 aromatic carbocycles. The Bertz CT molecular complexity index is 870. The first kappa shape index (κ1) is 55.4. The van der Waals surface area contributed by atoms with Crippen LogP contribution in [-0.2, 0) is 28.6 Å². The van der Waals surface area contributed by atoms with Crippen molar-refractivity contribution in [3.05, 3.63) is 0 Å². The summed E-state index contributed by atoms with van der Waals surface area (Å²) < 4.78 is 16.8. The minimum atomic E-state index is -0.761. The van der Waals surface area contributed by atoms with Gasteiger partial charge in [0, 0.05) is 19.3 Å². The first-order valence-electron chi connectivity index (χ1n) is 25.2. The molecule has 1 atom stereocenters. The summed E-state index contributed by atoms with van der Waals surface area (Å²) in [6, 6.07) is 0. The van der Waals surface area contributed by atoms with Crippen LogP contribution < -0.4 is 0 Å². The zero-order valence-electron chi connectivity index (χ0n) is 39.0. The van der Waals surface area contributed by atoms with Crippen molar-refractivity contribution < 1.29 is 28.6 Å². The Kier molecular flexibility index (Phi) is 42.7. The van der Waals surface area contributed by atoms with E-state index in [9.17, 15) is 14.4 Å². The predicted octanol–water partition coefficient (Wildman–Crippen LogP) is 16.1. The molecule has 0 rings (SSSR count). The van der Waals surface area contributed by atoms with Gasteiger partial charge in [-0.25, -0.2) is 0 Å². The van der Waals surface area contributed by atoms with Gasteiger partial charge in [0.2, 0.25) is 0 Å². The second kappa shape index (κ2) is 44.0. The molecule has 0 spiro atoms. The van der Waals surface area contributed by atoms with Crippen LogP contribution in [0.3, 0.4) is 0 Å². The molecule has 0 N–H and O–H groups in total. The molecule has 57 heavy (non-hydrogen) atoms. The van der Waals surface area contributed by atoms with Crippen LogP contribution in [0.4, 0.5) is 0 Å². The van der Waals surface area contributed by atoms with Crippen molar-refractivity contribution in [1.29, 1.82) is 0 Å². The van der Waals surface area contributed by atoms with Gasteiger partial charge in [0.15, 0.2) is 6.10 Å². The molecular weight excluding hydrogens is 709 g/mol. The van der Waals surface area contributed by atoms with Crippen molar-refractivity contribution >= 4 is 17.9 Å². The molecule has 0 amide bonds. The highest BCUT2D eigenvalue weighted by Crippen LogP contribution is 2.17. The van der Waals surface area contributed by atoms with Gasteiger partial charge in [-0.1, -0.05) is 240 Å². The summed E-state index contributed by atoms with van der Waals surface area (Å²) in [5.74, 6) is 0.794. The summed E-state index contributed by atoms with van der Waals surface area (Å²) in [5.41, 5.74) is 0. The fraction of sp³-hybridized carbons (Fsp3) is 0.941. The molecular formula is C51H98O6. The van der Waals surface area contributed by atoms with Gasteiger partial charge in [-0.15, -0.1) is 0 Å². The smallest absolute Gasteiger partial charge is 0.306 e. The molecule has 6 nitrogen and oxygen atoms in total. The van der Waals surface area contributed by atoms with E-state index in [-0.39, 0.29) is 31.1 Å². The van der Waals surface area contributed by atoms with Gasteiger partial charge in [-0.05, 0) is 31.1 Å². The van der Waals surface area contributed by atoms with Crippen molar-refractivity contribution in [3.63, 3.8) is 0 Å².